The van der Waals surface area contributed by atoms with Gasteiger partial charge in [-0.2, -0.15) is 11.8 Å². The van der Waals surface area contributed by atoms with Crippen molar-refractivity contribution in [2.75, 3.05) is 23.8 Å². The Labute approximate surface area is 99.0 Å². The van der Waals surface area contributed by atoms with Crippen molar-refractivity contribution in [3.8, 4) is 0 Å². The smallest absolute Gasteiger partial charge is 0.160 e. The topological polar surface area (TPSA) is 61.0 Å². The summed E-state index contributed by atoms with van der Waals surface area (Å²) in [5, 5.41) is 0. The van der Waals surface area contributed by atoms with Crippen LogP contribution in [-0.4, -0.2) is 28.1 Å². The van der Waals surface area contributed by atoms with Gasteiger partial charge >= 0.3 is 0 Å². The molecule has 1 aromatic heterocycles. The molecule has 0 amide bonds. The molecule has 2 heterocycles. The number of hydrogen-bond acceptors (Lipinski definition) is 5. The fourth-order valence-corrected chi connectivity index (χ4v) is 2.71. The quantitative estimate of drug-likeness (QED) is 0.849. The number of nitrogen functional groups attached to an aromatic ring is 1. The highest BCUT2D eigenvalue weighted by Gasteiger charge is 2.27. The summed E-state index contributed by atoms with van der Waals surface area (Å²) in [6.45, 7) is 0.784. The second-order valence-corrected chi connectivity index (χ2v) is 5.43. The van der Waals surface area contributed by atoms with Gasteiger partial charge in [0.15, 0.2) is 5.82 Å². The third-order valence-electron chi connectivity index (χ3n) is 2.88. The number of nitrogens with zero attached hydrogens (tertiary/aromatic N) is 2. The Morgan fingerprint density at radius 2 is 2.25 bits per heavy atom. The molecule has 0 bridgehead atoms. The van der Waals surface area contributed by atoms with Crippen molar-refractivity contribution >= 4 is 17.6 Å². The van der Waals surface area contributed by atoms with Crippen LogP contribution in [-0.2, 0) is 4.74 Å². The summed E-state index contributed by atoms with van der Waals surface area (Å²) in [7, 11) is 0. The number of nitrogens with two attached hydrogens (primary N) is 1. The van der Waals surface area contributed by atoms with Gasteiger partial charge in [0.2, 0.25) is 0 Å². The van der Waals surface area contributed by atoms with Crippen molar-refractivity contribution in [2.45, 2.75) is 24.9 Å². The standard InChI is InChI=1S/C11H15N3OS/c12-10-5-8(7-1-2-7)13-11(14-10)9-6-16-4-3-15-9/h5,7,9H,1-4,6H2,(H2,12,13,14). The molecule has 0 radical (unpaired) electrons. The lowest BCUT2D eigenvalue weighted by Gasteiger charge is -2.21. The highest BCUT2D eigenvalue weighted by atomic mass is 32.2. The van der Waals surface area contributed by atoms with Crippen LogP contribution in [0.2, 0.25) is 0 Å². The number of aromatic nitrogens is 2. The molecule has 1 aromatic rings. The fourth-order valence-electron chi connectivity index (χ4n) is 1.87. The molecule has 1 atom stereocenters. The van der Waals surface area contributed by atoms with Crippen LogP contribution in [0.1, 0.15) is 36.4 Å². The maximum atomic E-state index is 5.82. The molecule has 3 rings (SSSR count). The average Bonchev–Trinajstić information content (AvgIpc) is 3.13. The molecule has 1 aliphatic carbocycles. The number of hydrogen-bond donors (Lipinski definition) is 1. The molecule has 1 saturated heterocycles. The molecule has 1 aliphatic heterocycles. The molecule has 0 spiro atoms. The highest BCUT2D eigenvalue weighted by molar-refractivity contribution is 7.99. The predicted octanol–water partition coefficient (Wildman–Crippen LogP) is 1.74. The van der Waals surface area contributed by atoms with E-state index in [0.29, 0.717) is 11.7 Å². The number of rotatable bonds is 2. The van der Waals surface area contributed by atoms with Crippen molar-refractivity contribution in [1.82, 2.24) is 9.97 Å². The van der Waals surface area contributed by atoms with Crippen molar-refractivity contribution in [2.24, 2.45) is 0 Å². The predicted molar refractivity (Wildman–Crippen MR) is 64.4 cm³/mol. The molecule has 4 nitrogen and oxygen atoms in total. The van der Waals surface area contributed by atoms with E-state index < -0.39 is 0 Å². The Bertz CT molecular complexity index is 389. The van der Waals surface area contributed by atoms with Gasteiger partial charge in [0.05, 0.1) is 6.61 Å². The van der Waals surface area contributed by atoms with Crippen LogP contribution in [0.5, 0.6) is 0 Å². The molecule has 2 N–H and O–H groups in total. The SMILES string of the molecule is Nc1cc(C2CC2)nc(C2CSCCO2)n1. The number of ether oxygens (including phenoxy) is 1. The molecule has 1 saturated carbocycles. The molecule has 2 aliphatic rings. The lowest BCUT2D eigenvalue weighted by atomic mass is 10.2. The molecule has 2 fully saturated rings. The minimum atomic E-state index is 0.0275. The van der Waals surface area contributed by atoms with Crippen LogP contribution in [0.3, 0.4) is 0 Å². The van der Waals surface area contributed by atoms with Crippen molar-refractivity contribution in [1.29, 1.82) is 0 Å². The van der Waals surface area contributed by atoms with E-state index in [9.17, 15) is 0 Å². The zero-order valence-electron chi connectivity index (χ0n) is 9.06. The zero-order valence-corrected chi connectivity index (χ0v) is 9.87. The van der Waals surface area contributed by atoms with Crippen molar-refractivity contribution in [3.63, 3.8) is 0 Å². The van der Waals surface area contributed by atoms with Crippen LogP contribution in [0.4, 0.5) is 5.82 Å². The van der Waals surface area contributed by atoms with E-state index in [1.54, 1.807) is 0 Å². The monoisotopic (exact) mass is 237 g/mol. The Morgan fingerprint density at radius 1 is 1.38 bits per heavy atom. The van der Waals surface area contributed by atoms with Crippen LogP contribution in [0.15, 0.2) is 6.07 Å². The first-order valence-electron chi connectivity index (χ1n) is 5.66. The van der Waals surface area contributed by atoms with E-state index in [0.717, 1.165) is 29.6 Å². The van der Waals surface area contributed by atoms with E-state index in [-0.39, 0.29) is 6.10 Å². The summed E-state index contributed by atoms with van der Waals surface area (Å²) in [4.78, 5) is 8.89. The third-order valence-corrected chi connectivity index (χ3v) is 3.88. The lowest BCUT2D eigenvalue weighted by molar-refractivity contribution is 0.0694. The van der Waals surface area contributed by atoms with Gasteiger partial charge in [0.1, 0.15) is 11.9 Å². The Balaban J connectivity index is 1.86. The number of thioether (sulfide) groups is 1. The van der Waals surface area contributed by atoms with Gasteiger partial charge in [-0.1, -0.05) is 0 Å². The Morgan fingerprint density at radius 3 is 2.94 bits per heavy atom. The van der Waals surface area contributed by atoms with E-state index in [4.69, 9.17) is 10.5 Å². The molecular formula is C11H15N3OS. The first kappa shape index (κ1) is 10.4. The molecular weight excluding hydrogens is 222 g/mol. The minimum absolute atomic E-state index is 0.0275. The summed E-state index contributed by atoms with van der Waals surface area (Å²) >= 11 is 1.89. The first-order valence-corrected chi connectivity index (χ1v) is 6.82. The van der Waals surface area contributed by atoms with Gasteiger partial charge in [-0.15, -0.1) is 0 Å². The zero-order chi connectivity index (χ0) is 11.0. The summed E-state index contributed by atoms with van der Waals surface area (Å²) in [5.41, 5.74) is 6.92. The maximum Gasteiger partial charge on any atom is 0.160 e. The summed E-state index contributed by atoms with van der Waals surface area (Å²) < 4.78 is 5.67. The van der Waals surface area contributed by atoms with Crippen LogP contribution in [0.25, 0.3) is 0 Å². The molecule has 86 valence electrons. The van der Waals surface area contributed by atoms with E-state index in [1.165, 1.54) is 12.8 Å². The normalized spacial score (nSPS) is 25.6. The van der Waals surface area contributed by atoms with Gasteiger partial charge in [-0.25, -0.2) is 9.97 Å². The third kappa shape index (κ3) is 2.15. The van der Waals surface area contributed by atoms with Crippen LogP contribution in [0, 0.1) is 0 Å². The summed E-state index contributed by atoms with van der Waals surface area (Å²) in [6.07, 6.45) is 2.49. The average molecular weight is 237 g/mol. The number of anilines is 1. The minimum Gasteiger partial charge on any atom is -0.384 e. The largest absolute Gasteiger partial charge is 0.384 e. The van der Waals surface area contributed by atoms with Crippen LogP contribution >= 0.6 is 11.8 Å². The van der Waals surface area contributed by atoms with Gasteiger partial charge in [0.25, 0.3) is 0 Å². The van der Waals surface area contributed by atoms with Crippen LogP contribution < -0.4 is 5.73 Å². The Kier molecular flexibility index (Phi) is 2.73. The molecule has 5 heteroatoms. The molecule has 1 unspecified atom stereocenters. The van der Waals surface area contributed by atoms with Crippen molar-refractivity contribution in [3.05, 3.63) is 17.6 Å². The lowest BCUT2D eigenvalue weighted by Crippen LogP contribution is -2.19. The first-order chi connectivity index (χ1) is 7.83. The van der Waals surface area contributed by atoms with Gasteiger partial charge in [-0.3, -0.25) is 0 Å². The van der Waals surface area contributed by atoms with Crippen molar-refractivity contribution < 1.29 is 4.74 Å². The van der Waals surface area contributed by atoms with Gasteiger partial charge < -0.3 is 10.5 Å². The molecule has 16 heavy (non-hydrogen) atoms. The van der Waals surface area contributed by atoms with Gasteiger partial charge in [0, 0.05) is 29.2 Å². The second-order valence-electron chi connectivity index (χ2n) is 4.28. The fraction of sp³-hybridized carbons (Fsp3) is 0.636. The maximum absolute atomic E-state index is 5.82. The summed E-state index contributed by atoms with van der Waals surface area (Å²) in [6, 6.07) is 1.90. The van der Waals surface area contributed by atoms with E-state index in [1.807, 2.05) is 17.8 Å². The Hall–Kier alpha value is -0.810. The second kappa shape index (κ2) is 4.22. The summed E-state index contributed by atoms with van der Waals surface area (Å²) in [5.74, 6) is 3.96. The highest BCUT2D eigenvalue weighted by Crippen LogP contribution is 2.39. The van der Waals surface area contributed by atoms with Gasteiger partial charge in [-0.05, 0) is 12.8 Å². The van der Waals surface area contributed by atoms with E-state index in [2.05, 4.69) is 9.97 Å². The molecule has 0 aromatic carbocycles. The van der Waals surface area contributed by atoms with E-state index >= 15 is 0 Å².